The molecule has 1 N–H and O–H groups in total. The molecule has 0 spiro atoms. The van der Waals surface area contributed by atoms with Crippen molar-refractivity contribution >= 4 is 16.6 Å². The first-order valence-corrected chi connectivity index (χ1v) is 20.4. The normalized spacial score (nSPS) is 21.1. The molecule has 1 aliphatic carbocycles. The van der Waals surface area contributed by atoms with Crippen LogP contribution in [0, 0.1) is 5.92 Å². The Morgan fingerprint density at radius 3 is 1.86 bits per heavy atom. The summed E-state index contributed by atoms with van der Waals surface area (Å²) in [5, 5.41) is 9.53. The highest BCUT2D eigenvalue weighted by atomic mass is 28.4. The van der Waals surface area contributed by atoms with E-state index in [9.17, 15) is 5.11 Å². The fraction of sp³-hybridized carbons (Fsp3) is 0.600. The Morgan fingerprint density at radius 1 is 0.838 bits per heavy atom. The maximum Gasteiger partial charge on any atom is 0.173 e. The van der Waals surface area contributed by atoms with Crippen molar-refractivity contribution in [2.45, 2.75) is 89.0 Å². The zero-order valence-electron chi connectivity index (χ0n) is 23.2. The van der Waals surface area contributed by atoms with Gasteiger partial charge in [-0.3, -0.25) is 0 Å². The fourth-order valence-electron chi connectivity index (χ4n) is 5.17. The van der Waals surface area contributed by atoms with Crippen LogP contribution in [0.5, 0.6) is 11.5 Å². The summed E-state index contributed by atoms with van der Waals surface area (Å²) in [5.74, 6) is 2.44. The molecule has 0 aromatic heterocycles. The van der Waals surface area contributed by atoms with E-state index in [1.54, 1.807) is 0 Å². The largest absolute Gasteiger partial charge is 0.493 e. The molecule has 37 heavy (non-hydrogen) atoms. The first-order chi connectivity index (χ1) is 17.7. The molecular formula is C30H46O5Si2. The predicted molar refractivity (Wildman–Crippen MR) is 155 cm³/mol. The van der Waals surface area contributed by atoms with Crippen LogP contribution in [-0.2, 0) is 21.7 Å². The van der Waals surface area contributed by atoms with Gasteiger partial charge in [0.25, 0.3) is 0 Å². The number of ether oxygens (including phenoxy) is 3. The van der Waals surface area contributed by atoms with Crippen LogP contribution in [0.2, 0.25) is 38.3 Å². The van der Waals surface area contributed by atoms with Crippen LogP contribution >= 0.6 is 0 Å². The van der Waals surface area contributed by atoms with E-state index in [2.05, 4.69) is 62.6 Å². The molecule has 0 radical (unpaired) electrons. The lowest BCUT2D eigenvalue weighted by molar-refractivity contribution is 0.238. The van der Waals surface area contributed by atoms with Crippen molar-refractivity contribution in [2.75, 3.05) is 19.8 Å². The van der Waals surface area contributed by atoms with Gasteiger partial charge < -0.3 is 23.4 Å². The lowest BCUT2D eigenvalue weighted by Crippen LogP contribution is -2.44. The number of aliphatic hydroxyl groups excluding tert-OH is 1. The molecule has 1 aliphatic heterocycles. The quantitative estimate of drug-likeness (QED) is 0.180. The van der Waals surface area contributed by atoms with Gasteiger partial charge in [0.1, 0.15) is 24.2 Å². The highest BCUT2D eigenvalue weighted by Crippen LogP contribution is 2.34. The van der Waals surface area contributed by atoms with Crippen molar-refractivity contribution in [1.29, 1.82) is 0 Å². The summed E-state index contributed by atoms with van der Waals surface area (Å²) in [6.45, 7) is 11.7. The average Bonchev–Trinajstić information content (AvgIpc) is 3.77. The lowest BCUT2D eigenvalue weighted by atomic mass is 10.1. The Kier molecular flexibility index (Phi) is 9.92. The van der Waals surface area contributed by atoms with Gasteiger partial charge in [-0.05, 0) is 106 Å². The first-order valence-electron chi connectivity index (χ1n) is 14.1. The summed E-state index contributed by atoms with van der Waals surface area (Å²) in [4.78, 5) is 0. The van der Waals surface area contributed by atoms with Crippen molar-refractivity contribution in [2.24, 2.45) is 5.92 Å². The number of rotatable bonds is 17. The molecule has 1 saturated heterocycles. The van der Waals surface area contributed by atoms with Crippen molar-refractivity contribution < 1.29 is 23.4 Å². The van der Waals surface area contributed by atoms with E-state index in [0.717, 1.165) is 68.7 Å². The Balaban J connectivity index is 1.18. The van der Waals surface area contributed by atoms with Crippen LogP contribution in [0.15, 0.2) is 48.5 Å². The zero-order valence-corrected chi connectivity index (χ0v) is 25.2. The third kappa shape index (κ3) is 9.87. The van der Waals surface area contributed by atoms with Gasteiger partial charge in [-0.1, -0.05) is 36.4 Å². The summed E-state index contributed by atoms with van der Waals surface area (Å²) >= 11 is 0. The minimum atomic E-state index is -1.75. The number of hydrogen-bond donors (Lipinski definition) is 1. The third-order valence-corrected chi connectivity index (χ3v) is 14.9. The maximum absolute atomic E-state index is 9.53. The summed E-state index contributed by atoms with van der Waals surface area (Å²) in [6.07, 6.45) is 6.36. The van der Waals surface area contributed by atoms with Crippen molar-refractivity contribution in [1.82, 2.24) is 0 Å². The number of benzene rings is 2. The molecule has 2 aliphatic rings. The molecule has 2 aromatic rings. The molecule has 0 bridgehead atoms. The van der Waals surface area contributed by atoms with Gasteiger partial charge in [-0.2, -0.15) is 0 Å². The molecular weight excluding hydrogens is 496 g/mol. The molecule has 4 rings (SSSR count). The van der Waals surface area contributed by atoms with Gasteiger partial charge in [0.15, 0.2) is 16.6 Å². The molecule has 5 nitrogen and oxygen atoms in total. The summed E-state index contributed by atoms with van der Waals surface area (Å²) < 4.78 is 24.3. The second-order valence-electron chi connectivity index (χ2n) is 12.0. The maximum atomic E-state index is 9.53. The van der Waals surface area contributed by atoms with Gasteiger partial charge >= 0.3 is 0 Å². The number of para-hydroxylation sites is 2. The second kappa shape index (κ2) is 12.9. The molecule has 2 fully saturated rings. The summed E-state index contributed by atoms with van der Waals surface area (Å²) in [7, 11) is -3.50. The van der Waals surface area contributed by atoms with Crippen LogP contribution in [0.25, 0.3) is 0 Å². The van der Waals surface area contributed by atoms with E-state index in [-0.39, 0.29) is 12.2 Å². The summed E-state index contributed by atoms with van der Waals surface area (Å²) in [6, 6.07) is 19.2. The number of hydrogen-bond acceptors (Lipinski definition) is 5. The minimum Gasteiger partial charge on any atom is -0.493 e. The highest BCUT2D eigenvalue weighted by molar-refractivity contribution is 6.84. The SMILES string of the molecule is C[Si](C)(CCCc1ccccc1OCCC1CC1O)O[Si](C)(C)CCCc1ccccc1OCC1CO1. The topological polar surface area (TPSA) is 60.5 Å². The van der Waals surface area contributed by atoms with E-state index in [4.69, 9.17) is 18.3 Å². The molecule has 204 valence electrons. The van der Waals surface area contributed by atoms with Crippen molar-refractivity contribution in [3.8, 4) is 11.5 Å². The molecule has 7 heteroatoms. The predicted octanol–water partition coefficient (Wildman–Crippen LogP) is 6.61. The van der Waals surface area contributed by atoms with Crippen molar-refractivity contribution in [3.05, 3.63) is 59.7 Å². The molecule has 1 heterocycles. The average molecular weight is 543 g/mol. The van der Waals surface area contributed by atoms with Gasteiger partial charge in [-0.25, -0.2) is 0 Å². The van der Waals surface area contributed by atoms with E-state index < -0.39 is 16.6 Å². The molecule has 2 aromatic carbocycles. The molecule has 0 amide bonds. The van der Waals surface area contributed by atoms with Crippen LogP contribution < -0.4 is 9.47 Å². The first kappa shape index (κ1) is 28.4. The summed E-state index contributed by atoms with van der Waals surface area (Å²) in [5.41, 5.74) is 2.58. The van der Waals surface area contributed by atoms with E-state index in [1.165, 1.54) is 11.1 Å². The van der Waals surface area contributed by atoms with Crippen LogP contribution in [0.3, 0.4) is 0 Å². The number of aryl methyl sites for hydroxylation is 2. The Bertz CT molecular complexity index is 991. The van der Waals surface area contributed by atoms with Gasteiger partial charge in [0, 0.05) is 0 Å². The van der Waals surface area contributed by atoms with Gasteiger partial charge in [0.05, 0.1) is 19.3 Å². The Morgan fingerprint density at radius 2 is 1.35 bits per heavy atom. The van der Waals surface area contributed by atoms with Crippen LogP contribution in [-0.4, -0.2) is 53.8 Å². The third-order valence-electron chi connectivity index (χ3n) is 7.41. The Hall–Kier alpha value is -1.65. The zero-order chi connectivity index (χ0) is 26.3. The van der Waals surface area contributed by atoms with Gasteiger partial charge in [-0.15, -0.1) is 0 Å². The second-order valence-corrected chi connectivity index (χ2v) is 20.9. The van der Waals surface area contributed by atoms with E-state index in [1.807, 2.05) is 12.1 Å². The Labute approximate surface area is 225 Å². The highest BCUT2D eigenvalue weighted by Gasteiger charge is 2.35. The lowest BCUT2D eigenvalue weighted by Gasteiger charge is -2.34. The molecule has 3 unspecified atom stereocenters. The van der Waals surface area contributed by atoms with E-state index in [0.29, 0.717) is 19.1 Å². The van der Waals surface area contributed by atoms with Gasteiger partial charge in [0.2, 0.25) is 0 Å². The monoisotopic (exact) mass is 542 g/mol. The number of aliphatic hydroxyl groups is 1. The number of epoxide rings is 1. The smallest absolute Gasteiger partial charge is 0.173 e. The van der Waals surface area contributed by atoms with Crippen molar-refractivity contribution in [3.63, 3.8) is 0 Å². The van der Waals surface area contributed by atoms with Crippen LogP contribution in [0.1, 0.15) is 36.8 Å². The van der Waals surface area contributed by atoms with Crippen LogP contribution in [0.4, 0.5) is 0 Å². The standard InChI is InChI=1S/C30H46O5Si2/c1-36(2,19-9-13-24-11-5-7-15-29(24)32-18-17-26-21-28(26)31)35-37(3,4)20-10-14-25-12-6-8-16-30(25)34-23-27-22-33-27/h5-8,11-12,15-16,26-28,31H,9-10,13-14,17-23H2,1-4H3. The molecule has 1 saturated carbocycles. The van der Waals surface area contributed by atoms with E-state index >= 15 is 0 Å². The molecule has 3 atom stereocenters. The fourth-order valence-corrected chi connectivity index (χ4v) is 14.0. The minimum absolute atomic E-state index is 0.101.